The van der Waals surface area contributed by atoms with E-state index in [9.17, 15) is 4.79 Å². The molecular weight excluding hydrogens is 298 g/mol. The van der Waals surface area contributed by atoms with Crippen molar-refractivity contribution in [2.75, 3.05) is 13.7 Å². The summed E-state index contributed by atoms with van der Waals surface area (Å²) < 4.78 is 6.05. The van der Waals surface area contributed by atoms with E-state index in [1.54, 1.807) is 21.0 Å². The number of methoxy groups -OCH3 is 1. The maximum absolute atomic E-state index is 10.9. The first-order valence-electron chi connectivity index (χ1n) is 5.67. The number of benzene rings is 1. The van der Waals surface area contributed by atoms with Crippen molar-refractivity contribution in [3.8, 4) is 5.75 Å². The van der Waals surface area contributed by atoms with Gasteiger partial charge in [0.25, 0.3) is 0 Å². The van der Waals surface area contributed by atoms with Crippen LogP contribution in [-0.4, -0.2) is 30.3 Å². The van der Waals surface area contributed by atoms with Gasteiger partial charge in [-0.15, -0.1) is 0 Å². The van der Waals surface area contributed by atoms with Gasteiger partial charge in [0.05, 0.1) is 11.6 Å². The fourth-order valence-corrected chi connectivity index (χ4v) is 2.05. The predicted octanol–water partition coefficient (Wildman–Crippen LogP) is 2.45. The van der Waals surface area contributed by atoms with Gasteiger partial charge in [0.1, 0.15) is 11.3 Å². The van der Waals surface area contributed by atoms with Crippen LogP contribution < -0.4 is 10.1 Å². The molecule has 2 N–H and O–H groups in total. The van der Waals surface area contributed by atoms with E-state index in [2.05, 4.69) is 21.2 Å². The first-order valence-corrected chi connectivity index (χ1v) is 6.47. The Balaban J connectivity index is 2.55. The van der Waals surface area contributed by atoms with Gasteiger partial charge < -0.3 is 15.2 Å². The lowest BCUT2D eigenvalue weighted by Gasteiger charge is -2.21. The molecule has 0 aliphatic heterocycles. The SMILES string of the molecule is COc1ccc(CCNC(C)(C)C(=O)O)cc1Br. The van der Waals surface area contributed by atoms with Gasteiger partial charge in [-0.3, -0.25) is 4.79 Å². The summed E-state index contributed by atoms with van der Waals surface area (Å²) in [5, 5.41) is 12.0. The van der Waals surface area contributed by atoms with Crippen LogP contribution in [0.25, 0.3) is 0 Å². The maximum Gasteiger partial charge on any atom is 0.323 e. The lowest BCUT2D eigenvalue weighted by Crippen LogP contribution is -2.47. The largest absolute Gasteiger partial charge is 0.496 e. The van der Waals surface area contributed by atoms with Gasteiger partial charge in [0.15, 0.2) is 0 Å². The number of nitrogens with one attached hydrogen (secondary N) is 1. The number of rotatable bonds is 6. The highest BCUT2D eigenvalue weighted by Crippen LogP contribution is 2.25. The van der Waals surface area contributed by atoms with Crippen molar-refractivity contribution >= 4 is 21.9 Å². The van der Waals surface area contributed by atoms with Crippen LogP contribution in [0.3, 0.4) is 0 Å². The second-order valence-corrected chi connectivity index (χ2v) is 5.43. The molecule has 5 heteroatoms. The molecule has 0 saturated carbocycles. The zero-order chi connectivity index (χ0) is 13.8. The number of carboxylic acids is 1. The number of hydrogen-bond donors (Lipinski definition) is 2. The predicted molar refractivity (Wildman–Crippen MR) is 74.1 cm³/mol. The Bertz CT molecular complexity index is 432. The minimum atomic E-state index is -0.899. The van der Waals surface area contributed by atoms with Gasteiger partial charge in [0, 0.05) is 6.54 Å². The zero-order valence-electron chi connectivity index (χ0n) is 10.8. The summed E-state index contributed by atoms with van der Waals surface area (Å²) in [7, 11) is 1.62. The molecule has 0 bridgehead atoms. The number of aliphatic carboxylic acids is 1. The van der Waals surface area contributed by atoms with Crippen LogP contribution in [0.2, 0.25) is 0 Å². The molecule has 0 unspecified atom stereocenters. The third-order valence-corrected chi connectivity index (χ3v) is 3.35. The highest BCUT2D eigenvalue weighted by Gasteiger charge is 2.25. The van der Waals surface area contributed by atoms with E-state index in [4.69, 9.17) is 9.84 Å². The summed E-state index contributed by atoms with van der Waals surface area (Å²) in [5.74, 6) is -0.0593. The van der Waals surface area contributed by atoms with E-state index in [0.29, 0.717) is 6.54 Å². The first kappa shape index (κ1) is 15.0. The van der Waals surface area contributed by atoms with E-state index in [-0.39, 0.29) is 0 Å². The molecular formula is C13H18BrNO3. The van der Waals surface area contributed by atoms with Gasteiger partial charge in [-0.1, -0.05) is 6.07 Å². The van der Waals surface area contributed by atoms with Crippen molar-refractivity contribution < 1.29 is 14.6 Å². The van der Waals surface area contributed by atoms with E-state index in [1.165, 1.54) is 0 Å². The van der Waals surface area contributed by atoms with Crippen molar-refractivity contribution in [2.24, 2.45) is 0 Å². The average molecular weight is 316 g/mol. The van der Waals surface area contributed by atoms with Gasteiger partial charge in [-0.2, -0.15) is 0 Å². The third kappa shape index (κ3) is 3.99. The van der Waals surface area contributed by atoms with Gasteiger partial charge in [0.2, 0.25) is 0 Å². The Morgan fingerprint density at radius 2 is 2.17 bits per heavy atom. The zero-order valence-corrected chi connectivity index (χ0v) is 12.4. The van der Waals surface area contributed by atoms with E-state index < -0.39 is 11.5 Å². The molecule has 1 aromatic carbocycles. The molecule has 0 heterocycles. The lowest BCUT2D eigenvalue weighted by atomic mass is 10.1. The second-order valence-electron chi connectivity index (χ2n) is 4.58. The molecule has 0 amide bonds. The van der Waals surface area contributed by atoms with Gasteiger partial charge >= 0.3 is 5.97 Å². The minimum absolute atomic E-state index is 0.609. The molecule has 18 heavy (non-hydrogen) atoms. The summed E-state index contributed by atoms with van der Waals surface area (Å²) in [4.78, 5) is 10.9. The topological polar surface area (TPSA) is 58.6 Å². The van der Waals surface area contributed by atoms with Crippen molar-refractivity contribution in [1.29, 1.82) is 0 Å². The van der Waals surface area contributed by atoms with Crippen molar-refractivity contribution in [1.82, 2.24) is 5.32 Å². The van der Waals surface area contributed by atoms with Gasteiger partial charge in [-0.25, -0.2) is 0 Å². The van der Waals surface area contributed by atoms with E-state index in [0.717, 1.165) is 22.2 Å². The number of hydrogen-bond acceptors (Lipinski definition) is 3. The van der Waals surface area contributed by atoms with Crippen molar-refractivity contribution in [2.45, 2.75) is 25.8 Å². The highest BCUT2D eigenvalue weighted by atomic mass is 79.9. The normalized spacial score (nSPS) is 11.3. The summed E-state index contributed by atoms with van der Waals surface area (Å²) in [6, 6.07) is 5.84. The Hall–Kier alpha value is -1.07. The summed E-state index contributed by atoms with van der Waals surface area (Å²) in [5.41, 5.74) is 0.223. The highest BCUT2D eigenvalue weighted by molar-refractivity contribution is 9.10. The molecule has 0 radical (unpaired) electrons. The number of halogens is 1. The Morgan fingerprint density at radius 1 is 1.50 bits per heavy atom. The monoisotopic (exact) mass is 315 g/mol. The molecule has 1 rings (SSSR count). The van der Waals surface area contributed by atoms with Crippen molar-refractivity contribution in [3.05, 3.63) is 28.2 Å². The first-order chi connectivity index (χ1) is 8.36. The molecule has 0 atom stereocenters. The standard InChI is InChI=1S/C13H18BrNO3/c1-13(2,12(16)17)15-7-6-9-4-5-11(18-3)10(14)8-9/h4-5,8,15H,6-7H2,1-3H3,(H,16,17). The Labute approximate surface area is 115 Å². The molecule has 0 aliphatic carbocycles. The van der Waals surface area contributed by atoms with Crippen LogP contribution in [0.1, 0.15) is 19.4 Å². The summed E-state index contributed by atoms with van der Waals surface area (Å²) in [6.07, 6.45) is 0.763. The Morgan fingerprint density at radius 3 is 2.67 bits per heavy atom. The van der Waals surface area contributed by atoms with E-state index in [1.807, 2.05) is 18.2 Å². The molecule has 100 valence electrons. The number of ether oxygens (including phenoxy) is 1. The fourth-order valence-electron chi connectivity index (χ4n) is 1.46. The molecule has 0 spiro atoms. The number of carboxylic acid groups (broad SMARTS) is 1. The molecule has 0 aromatic heterocycles. The second kappa shape index (κ2) is 6.20. The van der Waals surface area contributed by atoms with Crippen LogP contribution in [0, 0.1) is 0 Å². The van der Waals surface area contributed by atoms with Crippen LogP contribution in [0.4, 0.5) is 0 Å². The van der Waals surface area contributed by atoms with Crippen LogP contribution in [0.15, 0.2) is 22.7 Å². The van der Waals surface area contributed by atoms with Crippen LogP contribution in [-0.2, 0) is 11.2 Å². The van der Waals surface area contributed by atoms with Gasteiger partial charge in [-0.05, 0) is 53.9 Å². The summed E-state index contributed by atoms with van der Waals surface area (Å²) in [6.45, 7) is 3.91. The molecule has 0 aliphatic rings. The number of carbonyl (C=O) groups is 1. The fraction of sp³-hybridized carbons (Fsp3) is 0.462. The van der Waals surface area contributed by atoms with Crippen LogP contribution in [0.5, 0.6) is 5.75 Å². The Kier molecular flexibility index (Phi) is 5.16. The minimum Gasteiger partial charge on any atom is -0.496 e. The maximum atomic E-state index is 10.9. The summed E-state index contributed by atoms with van der Waals surface area (Å²) >= 11 is 3.42. The quantitative estimate of drug-likeness (QED) is 0.846. The lowest BCUT2D eigenvalue weighted by molar-refractivity contribution is -0.143. The van der Waals surface area contributed by atoms with E-state index >= 15 is 0 Å². The third-order valence-electron chi connectivity index (χ3n) is 2.73. The van der Waals surface area contributed by atoms with Crippen LogP contribution >= 0.6 is 15.9 Å². The smallest absolute Gasteiger partial charge is 0.323 e. The molecule has 1 aromatic rings. The average Bonchev–Trinajstić information content (AvgIpc) is 2.29. The molecule has 0 fully saturated rings. The molecule has 0 saturated heterocycles. The van der Waals surface area contributed by atoms with Crippen molar-refractivity contribution in [3.63, 3.8) is 0 Å². The molecule has 4 nitrogen and oxygen atoms in total.